The Morgan fingerprint density at radius 2 is 1.93 bits per heavy atom. The first-order valence-electron chi connectivity index (χ1n) is 9.21. The predicted octanol–water partition coefficient (Wildman–Crippen LogP) is 2.05. The van der Waals surface area contributed by atoms with Crippen LogP contribution in [0.1, 0.15) is 19.8 Å². The van der Waals surface area contributed by atoms with E-state index in [2.05, 4.69) is 5.32 Å². The zero-order valence-corrected chi connectivity index (χ0v) is 17.1. The number of hydrogen-bond acceptors (Lipinski definition) is 3. The molecule has 1 aliphatic carbocycles. The zero-order valence-electron chi connectivity index (χ0n) is 16.3. The number of benzene rings is 1. The monoisotopic (exact) mass is 418 g/mol. The third kappa shape index (κ3) is 7.01. The maximum atomic E-state index is 12.9. The standard InChI is InChI=1S/C19H26F3N3O2S/c1-13(14-8-9-14)25(12-19(20,21)22)18(27)11-24(2)10-17(26)23-15-6-4-5-7-16(15)28-3/h4-7,13-14H,8-12H2,1-3H3,(H,23,26)/p+1/t13-/m1/s1. The van der Waals surface area contributed by atoms with Crippen LogP contribution in [0.4, 0.5) is 18.9 Å². The summed E-state index contributed by atoms with van der Waals surface area (Å²) in [5.74, 6) is -0.728. The number of alkyl halides is 3. The molecule has 0 aliphatic heterocycles. The SMILES string of the molecule is CSc1ccccc1NC(=O)C[NH+](C)CC(=O)N(CC(F)(F)F)[C@H](C)C1CC1. The summed E-state index contributed by atoms with van der Waals surface area (Å²) in [7, 11) is 1.63. The maximum Gasteiger partial charge on any atom is 0.406 e. The quantitative estimate of drug-likeness (QED) is 0.604. The number of quaternary nitrogens is 1. The minimum Gasteiger partial charge on any atom is -0.326 e. The second kappa shape index (κ2) is 9.65. The lowest BCUT2D eigenvalue weighted by Gasteiger charge is -2.30. The summed E-state index contributed by atoms with van der Waals surface area (Å²) in [6, 6.07) is 6.91. The molecule has 2 atom stereocenters. The molecule has 28 heavy (non-hydrogen) atoms. The van der Waals surface area contributed by atoms with Gasteiger partial charge in [-0.05, 0) is 44.1 Å². The minimum absolute atomic E-state index is 0.00781. The van der Waals surface area contributed by atoms with Crippen LogP contribution < -0.4 is 10.2 Å². The summed E-state index contributed by atoms with van der Waals surface area (Å²) >= 11 is 1.50. The average molecular weight is 419 g/mol. The number of halogens is 3. The second-order valence-corrected chi connectivity index (χ2v) is 8.12. The van der Waals surface area contributed by atoms with E-state index < -0.39 is 24.7 Å². The van der Waals surface area contributed by atoms with Crippen LogP contribution in [0, 0.1) is 5.92 Å². The molecule has 5 nitrogen and oxygen atoms in total. The summed E-state index contributed by atoms with van der Waals surface area (Å²) in [5, 5.41) is 2.80. The van der Waals surface area contributed by atoms with Crippen LogP contribution in [0.25, 0.3) is 0 Å². The fraction of sp³-hybridized carbons (Fsp3) is 0.579. The van der Waals surface area contributed by atoms with Crippen LogP contribution >= 0.6 is 11.8 Å². The number of nitrogens with zero attached hydrogens (tertiary/aromatic N) is 1. The van der Waals surface area contributed by atoms with Crippen molar-refractivity contribution in [2.75, 3.05) is 38.3 Å². The van der Waals surface area contributed by atoms with Gasteiger partial charge in [0.1, 0.15) is 6.54 Å². The summed E-state index contributed by atoms with van der Waals surface area (Å²) < 4.78 is 38.7. The van der Waals surface area contributed by atoms with Gasteiger partial charge in [-0.3, -0.25) is 9.59 Å². The number of carbonyl (C=O) groups excluding carboxylic acids is 2. The van der Waals surface area contributed by atoms with E-state index in [4.69, 9.17) is 0 Å². The maximum absolute atomic E-state index is 12.9. The van der Waals surface area contributed by atoms with E-state index in [0.717, 1.165) is 22.6 Å². The van der Waals surface area contributed by atoms with Crippen molar-refractivity contribution >= 4 is 29.3 Å². The normalized spacial score (nSPS) is 16.4. The van der Waals surface area contributed by atoms with E-state index in [1.54, 1.807) is 20.0 Å². The molecule has 2 N–H and O–H groups in total. The number of para-hydroxylation sites is 1. The molecule has 2 amide bonds. The van der Waals surface area contributed by atoms with E-state index in [1.807, 2.05) is 24.5 Å². The van der Waals surface area contributed by atoms with Crippen molar-refractivity contribution < 1.29 is 27.7 Å². The fourth-order valence-corrected chi connectivity index (χ4v) is 3.68. The van der Waals surface area contributed by atoms with Crippen LogP contribution in [-0.2, 0) is 9.59 Å². The highest BCUT2D eigenvalue weighted by Crippen LogP contribution is 2.36. The van der Waals surface area contributed by atoms with Gasteiger partial charge in [0.2, 0.25) is 0 Å². The molecule has 1 unspecified atom stereocenters. The highest BCUT2D eigenvalue weighted by atomic mass is 32.2. The molecule has 2 rings (SSSR count). The average Bonchev–Trinajstić information content (AvgIpc) is 3.43. The topological polar surface area (TPSA) is 53.9 Å². The molecule has 0 heterocycles. The minimum atomic E-state index is -4.44. The molecule has 1 saturated carbocycles. The van der Waals surface area contributed by atoms with Crippen molar-refractivity contribution in [1.82, 2.24) is 4.90 Å². The molecule has 0 saturated heterocycles. The van der Waals surface area contributed by atoms with E-state index >= 15 is 0 Å². The number of amides is 2. The van der Waals surface area contributed by atoms with E-state index in [1.165, 1.54) is 11.8 Å². The van der Waals surface area contributed by atoms with Crippen LogP contribution in [-0.4, -0.2) is 61.9 Å². The Bertz CT molecular complexity index is 695. The van der Waals surface area contributed by atoms with Gasteiger partial charge in [0.15, 0.2) is 13.1 Å². The van der Waals surface area contributed by atoms with Crippen molar-refractivity contribution in [3.8, 4) is 0 Å². The first kappa shape index (κ1) is 22.5. The molecule has 156 valence electrons. The number of hydrogen-bond donors (Lipinski definition) is 2. The van der Waals surface area contributed by atoms with Crippen molar-refractivity contribution in [3.63, 3.8) is 0 Å². The Balaban J connectivity index is 1.92. The highest BCUT2D eigenvalue weighted by Gasteiger charge is 2.41. The number of carbonyl (C=O) groups is 2. The summed E-state index contributed by atoms with van der Waals surface area (Å²) in [4.78, 5) is 27.2. The third-order valence-electron chi connectivity index (χ3n) is 4.76. The summed E-state index contributed by atoms with van der Waals surface area (Å²) in [5.41, 5.74) is 0.681. The lowest BCUT2D eigenvalue weighted by Crippen LogP contribution is -3.11. The number of likely N-dealkylation sites (N-methyl/N-ethyl adjacent to an activating group) is 1. The molecule has 1 fully saturated rings. The molecular formula is C19H27F3N3O2S+. The fourth-order valence-electron chi connectivity index (χ4n) is 3.12. The first-order valence-corrected chi connectivity index (χ1v) is 10.4. The number of rotatable bonds is 9. The van der Waals surface area contributed by atoms with Gasteiger partial charge >= 0.3 is 6.18 Å². The Kier molecular flexibility index (Phi) is 7.77. The molecule has 1 aliphatic rings. The van der Waals surface area contributed by atoms with Gasteiger partial charge in [0, 0.05) is 10.9 Å². The van der Waals surface area contributed by atoms with Crippen LogP contribution in [0.2, 0.25) is 0 Å². The predicted molar refractivity (Wildman–Crippen MR) is 103 cm³/mol. The zero-order chi connectivity index (χ0) is 20.9. The molecule has 1 aromatic rings. The van der Waals surface area contributed by atoms with Gasteiger partial charge in [-0.2, -0.15) is 13.2 Å². The Morgan fingerprint density at radius 1 is 1.29 bits per heavy atom. The Hall–Kier alpha value is -1.74. The summed E-state index contributed by atoms with van der Waals surface area (Å²) in [6.07, 6.45) is -0.839. The first-order chi connectivity index (χ1) is 13.1. The van der Waals surface area contributed by atoms with Crippen LogP contribution in [0.15, 0.2) is 29.2 Å². The Morgan fingerprint density at radius 3 is 2.50 bits per heavy atom. The van der Waals surface area contributed by atoms with Crippen LogP contribution in [0.5, 0.6) is 0 Å². The molecule has 0 aromatic heterocycles. The van der Waals surface area contributed by atoms with E-state index in [9.17, 15) is 22.8 Å². The number of anilines is 1. The van der Waals surface area contributed by atoms with E-state index in [-0.39, 0.29) is 24.9 Å². The van der Waals surface area contributed by atoms with Gasteiger partial charge < -0.3 is 15.1 Å². The highest BCUT2D eigenvalue weighted by molar-refractivity contribution is 7.98. The molecule has 1 aromatic carbocycles. The molecule has 9 heteroatoms. The third-order valence-corrected chi connectivity index (χ3v) is 5.56. The second-order valence-electron chi connectivity index (χ2n) is 7.27. The lowest BCUT2D eigenvalue weighted by atomic mass is 10.1. The molecule has 0 bridgehead atoms. The van der Waals surface area contributed by atoms with Crippen molar-refractivity contribution in [2.45, 2.75) is 36.9 Å². The molecular weight excluding hydrogens is 391 g/mol. The smallest absolute Gasteiger partial charge is 0.326 e. The Labute approximate surface area is 167 Å². The van der Waals surface area contributed by atoms with E-state index in [0.29, 0.717) is 10.6 Å². The largest absolute Gasteiger partial charge is 0.406 e. The summed E-state index contributed by atoms with van der Waals surface area (Å²) in [6.45, 7) is 0.254. The van der Waals surface area contributed by atoms with Gasteiger partial charge in [-0.25, -0.2) is 0 Å². The van der Waals surface area contributed by atoms with Crippen molar-refractivity contribution in [1.29, 1.82) is 0 Å². The van der Waals surface area contributed by atoms with Crippen molar-refractivity contribution in [2.24, 2.45) is 5.92 Å². The molecule has 0 radical (unpaired) electrons. The van der Waals surface area contributed by atoms with Gasteiger partial charge in [-0.1, -0.05) is 12.1 Å². The van der Waals surface area contributed by atoms with Gasteiger partial charge in [0.25, 0.3) is 11.8 Å². The van der Waals surface area contributed by atoms with Crippen LogP contribution in [0.3, 0.4) is 0 Å². The van der Waals surface area contributed by atoms with Gasteiger partial charge in [-0.15, -0.1) is 11.8 Å². The van der Waals surface area contributed by atoms with Gasteiger partial charge in [0.05, 0.1) is 12.7 Å². The lowest BCUT2D eigenvalue weighted by molar-refractivity contribution is -0.862. The number of nitrogens with one attached hydrogen (secondary N) is 2. The molecule has 0 spiro atoms. The van der Waals surface area contributed by atoms with Crippen molar-refractivity contribution in [3.05, 3.63) is 24.3 Å². The number of thioether (sulfide) groups is 1.